The van der Waals surface area contributed by atoms with E-state index in [-0.39, 0.29) is 5.97 Å². The summed E-state index contributed by atoms with van der Waals surface area (Å²) in [5.41, 5.74) is 1.36. The maximum Gasteiger partial charge on any atom is 0.339 e. The Labute approximate surface area is 259 Å². The van der Waals surface area contributed by atoms with Crippen LogP contribution in [0.15, 0.2) is 72.8 Å². The normalized spacial score (nSPS) is 11.3. The number of hydrogen-bond acceptors (Lipinski definition) is 8. The fourth-order valence-corrected chi connectivity index (χ4v) is 5.13. The molecule has 0 aliphatic heterocycles. The van der Waals surface area contributed by atoms with Gasteiger partial charge in [0.1, 0.15) is 0 Å². The molecule has 0 N–H and O–H groups in total. The summed E-state index contributed by atoms with van der Waals surface area (Å²) >= 11 is 0. The molecule has 0 amide bonds. The number of hydrogen-bond donors (Lipinski definition) is 0. The Morgan fingerprint density at radius 3 is 1.80 bits per heavy atom. The zero-order chi connectivity index (χ0) is 31.3. The number of benzene rings is 4. The molecule has 0 heterocycles. The number of carbonyl (C=O) groups is 2. The smallest absolute Gasteiger partial charge is 0.339 e. The molecule has 0 aromatic heterocycles. The average molecular weight is 600 g/mol. The molecule has 0 atom stereocenters. The molecule has 0 saturated heterocycles. The highest BCUT2D eigenvalue weighted by Gasteiger charge is 2.16. The molecular formula is C36H41NO7. The van der Waals surface area contributed by atoms with Crippen LogP contribution in [0.2, 0.25) is 0 Å². The third-order valence-electron chi connectivity index (χ3n) is 7.42. The zero-order valence-corrected chi connectivity index (χ0v) is 26.0. The van der Waals surface area contributed by atoms with Gasteiger partial charge in [0.15, 0.2) is 11.5 Å². The summed E-state index contributed by atoms with van der Waals surface area (Å²) in [6.45, 7) is 2.52. The van der Waals surface area contributed by atoms with Crippen LogP contribution in [0.1, 0.15) is 41.6 Å². The number of rotatable bonds is 16. The Morgan fingerprint density at radius 2 is 1.25 bits per heavy atom. The maximum absolute atomic E-state index is 13.1. The van der Waals surface area contributed by atoms with Gasteiger partial charge in [-0.1, -0.05) is 48.5 Å². The van der Waals surface area contributed by atoms with Crippen molar-refractivity contribution in [2.75, 3.05) is 54.7 Å². The molecule has 4 aromatic carbocycles. The molecule has 0 aliphatic rings. The third kappa shape index (κ3) is 8.51. The standard InChI is InChI=1S/C36H41NO7/c1-37(19-9-11-21-43-33(38)18-17-26-23-31(40-2)35(42-4)32(24-26)41-3)20-10-12-22-44-36(39)34-29-15-7-5-13-27(29)25-28-14-6-8-16-30(28)34/h5-8,13-18,23-25H,9-12,19-22H2,1-4H3/b18-17+. The molecule has 0 fully saturated rings. The minimum Gasteiger partial charge on any atom is -0.493 e. The molecule has 232 valence electrons. The number of carbonyl (C=O) groups excluding carboxylic acids is 2. The SMILES string of the molecule is COc1cc(/C=C/C(=O)OCCCCN(C)CCCCOC(=O)c2c3ccccc3cc3ccccc23)cc(OC)c1OC. The molecule has 8 nitrogen and oxygen atoms in total. The predicted octanol–water partition coefficient (Wildman–Crippen LogP) is 6.92. The summed E-state index contributed by atoms with van der Waals surface area (Å²) in [6, 6.07) is 21.5. The molecule has 0 bridgehead atoms. The molecule has 0 saturated carbocycles. The van der Waals surface area contributed by atoms with E-state index in [1.165, 1.54) is 6.08 Å². The van der Waals surface area contributed by atoms with E-state index in [1.54, 1.807) is 39.5 Å². The maximum atomic E-state index is 13.1. The molecule has 0 spiro atoms. The van der Waals surface area contributed by atoms with Crippen LogP contribution in [0.4, 0.5) is 0 Å². The molecule has 0 radical (unpaired) electrons. The van der Waals surface area contributed by atoms with Crippen molar-refractivity contribution in [2.45, 2.75) is 25.7 Å². The largest absolute Gasteiger partial charge is 0.493 e. The first-order valence-corrected chi connectivity index (χ1v) is 14.9. The topological polar surface area (TPSA) is 83.5 Å². The van der Waals surface area contributed by atoms with Crippen LogP contribution < -0.4 is 14.2 Å². The van der Waals surface area contributed by atoms with Crippen molar-refractivity contribution in [1.29, 1.82) is 0 Å². The van der Waals surface area contributed by atoms with E-state index in [1.807, 2.05) is 48.5 Å². The van der Waals surface area contributed by atoms with Crippen LogP contribution in [0.25, 0.3) is 27.6 Å². The highest BCUT2D eigenvalue weighted by molar-refractivity contribution is 6.16. The molecule has 44 heavy (non-hydrogen) atoms. The first-order valence-electron chi connectivity index (χ1n) is 14.9. The number of fused-ring (bicyclic) bond motifs is 2. The number of esters is 2. The van der Waals surface area contributed by atoms with Crippen LogP contribution in [-0.4, -0.2) is 71.5 Å². The fraction of sp³-hybridized carbons (Fsp3) is 0.333. The fourth-order valence-electron chi connectivity index (χ4n) is 5.13. The summed E-state index contributed by atoms with van der Waals surface area (Å²) in [4.78, 5) is 27.5. The lowest BCUT2D eigenvalue weighted by molar-refractivity contribution is -0.137. The van der Waals surface area contributed by atoms with Crippen LogP contribution in [0, 0.1) is 0 Å². The van der Waals surface area contributed by atoms with E-state index >= 15 is 0 Å². The van der Waals surface area contributed by atoms with Crippen molar-refractivity contribution in [3.8, 4) is 17.2 Å². The van der Waals surface area contributed by atoms with E-state index in [4.69, 9.17) is 23.7 Å². The van der Waals surface area contributed by atoms with Crippen molar-refractivity contribution in [3.63, 3.8) is 0 Å². The van der Waals surface area contributed by atoms with Gasteiger partial charge < -0.3 is 28.6 Å². The van der Waals surface area contributed by atoms with Gasteiger partial charge in [0.05, 0.1) is 40.1 Å². The molecule has 8 heteroatoms. The lowest BCUT2D eigenvalue weighted by Gasteiger charge is -2.16. The van der Waals surface area contributed by atoms with Crippen LogP contribution in [0.3, 0.4) is 0 Å². The molecule has 0 aliphatic carbocycles. The molecule has 0 unspecified atom stereocenters. The number of methoxy groups -OCH3 is 3. The Bertz CT molecular complexity index is 1520. The molecule has 4 aromatic rings. The number of unbranched alkanes of at least 4 members (excludes halogenated alkanes) is 2. The third-order valence-corrected chi connectivity index (χ3v) is 7.42. The number of ether oxygens (including phenoxy) is 5. The van der Waals surface area contributed by atoms with Gasteiger partial charge in [0, 0.05) is 6.08 Å². The summed E-state index contributed by atoms with van der Waals surface area (Å²) in [6.07, 6.45) is 6.42. The quantitative estimate of drug-likeness (QED) is 0.0594. The van der Waals surface area contributed by atoms with E-state index in [0.717, 1.165) is 65.9 Å². The Hall–Kier alpha value is -4.56. The van der Waals surface area contributed by atoms with Gasteiger partial charge in [-0.15, -0.1) is 0 Å². The van der Waals surface area contributed by atoms with Gasteiger partial charge in [-0.2, -0.15) is 0 Å². The van der Waals surface area contributed by atoms with Gasteiger partial charge >= 0.3 is 11.9 Å². The number of nitrogens with zero attached hydrogens (tertiary/aromatic N) is 1. The second-order valence-corrected chi connectivity index (χ2v) is 10.5. The van der Waals surface area contributed by atoms with Gasteiger partial charge in [0.2, 0.25) is 5.75 Å². The summed E-state index contributed by atoms with van der Waals surface area (Å²) in [5.74, 6) is 0.838. The highest BCUT2D eigenvalue weighted by atomic mass is 16.5. The molecular weight excluding hydrogens is 558 g/mol. The van der Waals surface area contributed by atoms with Gasteiger partial charge in [-0.3, -0.25) is 0 Å². The highest BCUT2D eigenvalue weighted by Crippen LogP contribution is 2.38. The zero-order valence-electron chi connectivity index (χ0n) is 26.0. The summed E-state index contributed by atoms with van der Waals surface area (Å²) < 4.78 is 27.1. The minimum absolute atomic E-state index is 0.279. The van der Waals surface area contributed by atoms with E-state index in [0.29, 0.717) is 36.0 Å². The van der Waals surface area contributed by atoms with Crippen molar-refractivity contribution in [3.05, 3.63) is 83.9 Å². The first kappa shape index (κ1) is 32.4. The first-order chi connectivity index (χ1) is 21.4. The van der Waals surface area contributed by atoms with Crippen LogP contribution >= 0.6 is 0 Å². The van der Waals surface area contributed by atoms with Gasteiger partial charge in [-0.25, -0.2) is 9.59 Å². The summed E-state index contributed by atoms with van der Waals surface area (Å²) in [7, 11) is 6.70. The van der Waals surface area contributed by atoms with E-state index in [2.05, 4.69) is 18.0 Å². The Kier molecular flexibility index (Phi) is 12.0. The second-order valence-electron chi connectivity index (χ2n) is 10.5. The minimum atomic E-state index is -0.404. The second kappa shape index (κ2) is 16.3. The Balaban J connectivity index is 1.12. The monoisotopic (exact) mass is 599 g/mol. The average Bonchev–Trinajstić information content (AvgIpc) is 3.05. The molecule has 4 rings (SSSR count). The van der Waals surface area contributed by atoms with Crippen LogP contribution in [0.5, 0.6) is 17.2 Å². The van der Waals surface area contributed by atoms with Gasteiger partial charge in [-0.05, 0) is 97.2 Å². The van der Waals surface area contributed by atoms with Gasteiger partial charge in [0.25, 0.3) is 0 Å². The van der Waals surface area contributed by atoms with Crippen molar-refractivity contribution in [1.82, 2.24) is 4.90 Å². The van der Waals surface area contributed by atoms with Crippen molar-refractivity contribution in [2.24, 2.45) is 0 Å². The summed E-state index contributed by atoms with van der Waals surface area (Å²) in [5, 5.41) is 3.88. The Morgan fingerprint density at radius 1 is 0.705 bits per heavy atom. The lowest BCUT2D eigenvalue weighted by atomic mass is 9.97. The predicted molar refractivity (Wildman–Crippen MR) is 174 cm³/mol. The van der Waals surface area contributed by atoms with Crippen molar-refractivity contribution >= 4 is 39.6 Å². The van der Waals surface area contributed by atoms with Crippen LogP contribution in [-0.2, 0) is 14.3 Å². The lowest BCUT2D eigenvalue weighted by Crippen LogP contribution is -2.21. The van der Waals surface area contributed by atoms with E-state index in [9.17, 15) is 9.59 Å². The van der Waals surface area contributed by atoms with Crippen molar-refractivity contribution < 1.29 is 33.3 Å². The van der Waals surface area contributed by atoms with E-state index < -0.39 is 5.97 Å².